The van der Waals surface area contributed by atoms with Crippen LogP contribution in [-0.2, 0) is 15.0 Å². The van der Waals surface area contributed by atoms with Gasteiger partial charge in [-0.2, -0.15) is 0 Å². The maximum Gasteiger partial charge on any atom is 0.239 e. The predicted molar refractivity (Wildman–Crippen MR) is 86.8 cm³/mol. The first-order valence-corrected chi connectivity index (χ1v) is 7.68. The Bertz CT molecular complexity index is 598. The number of benzene rings is 1. The van der Waals surface area contributed by atoms with Crippen molar-refractivity contribution in [1.29, 1.82) is 0 Å². The smallest absolute Gasteiger partial charge is 0.239 e. The Morgan fingerprint density at radius 3 is 2.52 bits per heavy atom. The van der Waals surface area contributed by atoms with E-state index < -0.39 is 0 Å². The molecule has 1 aliphatic rings. The van der Waals surface area contributed by atoms with Gasteiger partial charge in [-0.25, -0.2) is 0 Å². The fourth-order valence-electron chi connectivity index (χ4n) is 2.27. The van der Waals surface area contributed by atoms with Gasteiger partial charge in [0, 0.05) is 25.9 Å². The summed E-state index contributed by atoms with van der Waals surface area (Å²) in [4.78, 5) is 24.5. The Balaban J connectivity index is 1.98. The number of amides is 2. The lowest BCUT2D eigenvalue weighted by Gasteiger charge is -2.28. The SMILES string of the molecule is CC(=O)N(C)CC(=O)NCC(C)(C)c1ccc2c(c1)OCCO2. The van der Waals surface area contributed by atoms with E-state index in [1.807, 2.05) is 32.0 Å². The molecule has 0 fully saturated rings. The quantitative estimate of drug-likeness (QED) is 0.889. The minimum absolute atomic E-state index is 0.0621. The highest BCUT2D eigenvalue weighted by molar-refractivity contribution is 5.83. The molecule has 2 amide bonds. The van der Waals surface area contributed by atoms with E-state index in [0.29, 0.717) is 19.8 Å². The second-order valence-electron chi connectivity index (χ2n) is 6.39. The topological polar surface area (TPSA) is 67.9 Å². The number of carbonyl (C=O) groups excluding carboxylic acids is 2. The molecule has 1 aliphatic heterocycles. The average molecular weight is 320 g/mol. The normalized spacial score (nSPS) is 13.4. The van der Waals surface area contributed by atoms with Gasteiger partial charge in [0.1, 0.15) is 13.2 Å². The molecule has 6 heteroatoms. The van der Waals surface area contributed by atoms with Crippen molar-refractivity contribution in [2.75, 3.05) is 33.4 Å². The maximum absolute atomic E-state index is 11.9. The standard InChI is InChI=1S/C17H24N2O4/c1-12(20)19(4)10-16(21)18-11-17(2,3)13-5-6-14-15(9-13)23-8-7-22-14/h5-6,9H,7-8,10-11H2,1-4H3,(H,18,21). The lowest BCUT2D eigenvalue weighted by atomic mass is 9.84. The zero-order valence-corrected chi connectivity index (χ0v) is 14.1. The Morgan fingerprint density at radius 2 is 1.87 bits per heavy atom. The molecule has 126 valence electrons. The molecular weight excluding hydrogens is 296 g/mol. The third-order valence-electron chi connectivity index (χ3n) is 3.97. The van der Waals surface area contributed by atoms with E-state index in [0.717, 1.165) is 17.1 Å². The van der Waals surface area contributed by atoms with Crippen LogP contribution in [0.15, 0.2) is 18.2 Å². The summed E-state index contributed by atoms with van der Waals surface area (Å²) in [6.45, 7) is 7.18. The van der Waals surface area contributed by atoms with Crippen LogP contribution in [0.3, 0.4) is 0 Å². The summed E-state index contributed by atoms with van der Waals surface area (Å²) in [7, 11) is 1.61. The molecule has 1 aromatic carbocycles. The molecular formula is C17H24N2O4. The summed E-state index contributed by atoms with van der Waals surface area (Å²) in [5, 5.41) is 2.88. The van der Waals surface area contributed by atoms with Crippen LogP contribution >= 0.6 is 0 Å². The summed E-state index contributed by atoms with van der Waals surface area (Å²) < 4.78 is 11.1. The van der Waals surface area contributed by atoms with Crippen molar-refractivity contribution in [2.24, 2.45) is 0 Å². The van der Waals surface area contributed by atoms with Crippen LogP contribution < -0.4 is 14.8 Å². The second-order valence-corrected chi connectivity index (χ2v) is 6.39. The summed E-state index contributed by atoms with van der Waals surface area (Å²) in [6, 6.07) is 5.85. The highest BCUT2D eigenvalue weighted by atomic mass is 16.6. The van der Waals surface area contributed by atoms with Crippen LogP contribution in [-0.4, -0.2) is 50.1 Å². The predicted octanol–water partition coefficient (Wildman–Crippen LogP) is 1.33. The molecule has 0 aliphatic carbocycles. The van der Waals surface area contributed by atoms with Gasteiger partial charge in [0.15, 0.2) is 11.5 Å². The summed E-state index contributed by atoms with van der Waals surface area (Å²) in [6.07, 6.45) is 0. The summed E-state index contributed by atoms with van der Waals surface area (Å²) in [5.41, 5.74) is 0.794. The fourth-order valence-corrected chi connectivity index (χ4v) is 2.27. The molecule has 0 saturated heterocycles. The Kier molecular flexibility index (Phi) is 5.13. The Labute approximate surface area is 136 Å². The van der Waals surface area contributed by atoms with Crippen LogP contribution in [0.2, 0.25) is 0 Å². The number of likely N-dealkylation sites (N-methyl/N-ethyl adjacent to an activating group) is 1. The van der Waals surface area contributed by atoms with Crippen LogP contribution in [0.25, 0.3) is 0 Å². The van der Waals surface area contributed by atoms with E-state index in [1.54, 1.807) is 7.05 Å². The van der Waals surface area contributed by atoms with Crippen molar-refractivity contribution in [1.82, 2.24) is 10.2 Å². The van der Waals surface area contributed by atoms with Crippen LogP contribution in [0, 0.1) is 0 Å². The third kappa shape index (κ3) is 4.37. The number of rotatable bonds is 5. The van der Waals surface area contributed by atoms with Gasteiger partial charge in [-0.1, -0.05) is 19.9 Å². The molecule has 0 bridgehead atoms. The van der Waals surface area contributed by atoms with Crippen molar-refractivity contribution in [3.05, 3.63) is 23.8 Å². The monoisotopic (exact) mass is 320 g/mol. The van der Waals surface area contributed by atoms with E-state index in [-0.39, 0.29) is 23.8 Å². The summed E-state index contributed by atoms with van der Waals surface area (Å²) >= 11 is 0. The second kappa shape index (κ2) is 6.89. The number of hydrogen-bond donors (Lipinski definition) is 1. The van der Waals surface area contributed by atoms with E-state index in [9.17, 15) is 9.59 Å². The average Bonchev–Trinajstić information content (AvgIpc) is 2.52. The Morgan fingerprint density at radius 1 is 1.22 bits per heavy atom. The third-order valence-corrected chi connectivity index (χ3v) is 3.97. The van der Waals surface area contributed by atoms with Crippen molar-refractivity contribution in [2.45, 2.75) is 26.2 Å². The van der Waals surface area contributed by atoms with E-state index in [4.69, 9.17) is 9.47 Å². The van der Waals surface area contributed by atoms with Gasteiger partial charge in [-0.05, 0) is 17.7 Å². The molecule has 0 aromatic heterocycles. The molecule has 0 atom stereocenters. The van der Waals surface area contributed by atoms with Crippen molar-refractivity contribution >= 4 is 11.8 Å². The molecule has 0 unspecified atom stereocenters. The van der Waals surface area contributed by atoms with Gasteiger partial charge in [0.2, 0.25) is 11.8 Å². The lowest BCUT2D eigenvalue weighted by molar-refractivity contribution is -0.133. The molecule has 1 heterocycles. The Hall–Kier alpha value is -2.24. The number of ether oxygens (including phenoxy) is 2. The number of hydrogen-bond acceptors (Lipinski definition) is 4. The fraction of sp³-hybridized carbons (Fsp3) is 0.529. The molecule has 0 spiro atoms. The highest BCUT2D eigenvalue weighted by Crippen LogP contribution is 2.34. The molecule has 6 nitrogen and oxygen atoms in total. The number of fused-ring (bicyclic) bond motifs is 1. The molecule has 0 radical (unpaired) electrons. The molecule has 1 aromatic rings. The van der Waals surface area contributed by atoms with E-state index >= 15 is 0 Å². The number of nitrogens with zero attached hydrogens (tertiary/aromatic N) is 1. The van der Waals surface area contributed by atoms with E-state index in [2.05, 4.69) is 5.32 Å². The molecule has 23 heavy (non-hydrogen) atoms. The van der Waals surface area contributed by atoms with Crippen LogP contribution in [0.5, 0.6) is 11.5 Å². The minimum atomic E-state index is -0.264. The van der Waals surface area contributed by atoms with Gasteiger partial charge >= 0.3 is 0 Å². The van der Waals surface area contributed by atoms with Gasteiger partial charge in [-0.3, -0.25) is 9.59 Å². The zero-order valence-electron chi connectivity index (χ0n) is 14.1. The van der Waals surface area contributed by atoms with E-state index in [1.165, 1.54) is 11.8 Å². The van der Waals surface area contributed by atoms with Crippen molar-refractivity contribution < 1.29 is 19.1 Å². The van der Waals surface area contributed by atoms with Gasteiger partial charge in [0.05, 0.1) is 6.54 Å². The number of nitrogens with one attached hydrogen (secondary N) is 1. The van der Waals surface area contributed by atoms with Crippen molar-refractivity contribution in [3.8, 4) is 11.5 Å². The van der Waals surface area contributed by atoms with Gasteiger partial charge in [0.25, 0.3) is 0 Å². The first-order valence-electron chi connectivity index (χ1n) is 7.68. The maximum atomic E-state index is 11.9. The van der Waals surface area contributed by atoms with Crippen LogP contribution in [0.4, 0.5) is 0 Å². The molecule has 1 N–H and O–H groups in total. The van der Waals surface area contributed by atoms with Crippen LogP contribution in [0.1, 0.15) is 26.3 Å². The molecule has 2 rings (SSSR count). The summed E-state index contributed by atoms with van der Waals surface area (Å²) in [5.74, 6) is 1.19. The largest absolute Gasteiger partial charge is 0.486 e. The minimum Gasteiger partial charge on any atom is -0.486 e. The van der Waals surface area contributed by atoms with Gasteiger partial charge < -0.3 is 19.7 Å². The van der Waals surface area contributed by atoms with Crippen molar-refractivity contribution in [3.63, 3.8) is 0 Å². The first kappa shape index (κ1) is 17.1. The lowest BCUT2D eigenvalue weighted by Crippen LogP contribution is -2.42. The highest BCUT2D eigenvalue weighted by Gasteiger charge is 2.24. The zero-order chi connectivity index (χ0) is 17.0. The first-order chi connectivity index (χ1) is 10.8. The van der Waals surface area contributed by atoms with Gasteiger partial charge in [-0.15, -0.1) is 0 Å². The molecule has 0 saturated carbocycles. The number of carbonyl (C=O) groups is 2.